The second-order valence-electron chi connectivity index (χ2n) is 5.81. The Bertz CT molecular complexity index is 701. The number of anilines is 2. The van der Waals surface area contributed by atoms with E-state index in [4.69, 9.17) is 12.2 Å². The Balaban J connectivity index is 2.19. The molecule has 0 atom stereocenters. The van der Waals surface area contributed by atoms with Gasteiger partial charge in [0.15, 0.2) is 0 Å². The summed E-state index contributed by atoms with van der Waals surface area (Å²) in [5.74, 6) is 1.18. The molecular weight excluding hydrogens is 266 g/mol. The van der Waals surface area contributed by atoms with E-state index in [9.17, 15) is 0 Å². The summed E-state index contributed by atoms with van der Waals surface area (Å²) in [4.78, 5) is 2.40. The molecular formula is C16H21N3S. The van der Waals surface area contributed by atoms with Crippen LogP contribution in [0.25, 0.3) is 0 Å². The first-order valence-electron chi connectivity index (χ1n) is 7.12. The monoisotopic (exact) mass is 287 g/mol. The highest BCUT2D eigenvalue weighted by Crippen LogP contribution is 2.36. The Kier molecular flexibility index (Phi) is 3.21. The van der Waals surface area contributed by atoms with E-state index >= 15 is 0 Å². The quantitative estimate of drug-likeness (QED) is 0.799. The lowest BCUT2D eigenvalue weighted by molar-refractivity contribution is 0.738. The van der Waals surface area contributed by atoms with Gasteiger partial charge in [0.25, 0.3) is 0 Å². The van der Waals surface area contributed by atoms with Crippen LogP contribution < -0.4 is 4.90 Å². The summed E-state index contributed by atoms with van der Waals surface area (Å²) in [6, 6.07) is 4.52. The molecule has 2 aromatic rings. The van der Waals surface area contributed by atoms with Gasteiger partial charge in [-0.2, -0.15) is 0 Å². The van der Waals surface area contributed by atoms with Gasteiger partial charge in [0.05, 0.1) is 0 Å². The van der Waals surface area contributed by atoms with Crippen molar-refractivity contribution >= 4 is 23.7 Å². The zero-order chi connectivity index (χ0) is 14.4. The lowest BCUT2D eigenvalue weighted by Gasteiger charge is -2.31. The van der Waals surface area contributed by atoms with Crippen LogP contribution in [0, 0.1) is 25.4 Å². The second-order valence-corrected chi connectivity index (χ2v) is 6.19. The Morgan fingerprint density at radius 1 is 1.15 bits per heavy atom. The van der Waals surface area contributed by atoms with E-state index in [1.54, 1.807) is 0 Å². The van der Waals surface area contributed by atoms with E-state index < -0.39 is 0 Å². The van der Waals surface area contributed by atoms with Crippen molar-refractivity contribution in [1.29, 1.82) is 0 Å². The number of aromatic amines is 1. The van der Waals surface area contributed by atoms with Crippen molar-refractivity contribution in [3.63, 3.8) is 0 Å². The fourth-order valence-electron chi connectivity index (χ4n) is 3.38. The van der Waals surface area contributed by atoms with Gasteiger partial charge in [0.2, 0.25) is 0 Å². The molecule has 0 aliphatic carbocycles. The molecule has 1 aliphatic heterocycles. The molecule has 20 heavy (non-hydrogen) atoms. The highest BCUT2D eigenvalue weighted by molar-refractivity contribution is 7.71. The highest BCUT2D eigenvalue weighted by Gasteiger charge is 2.24. The molecule has 0 radical (unpaired) electrons. The van der Waals surface area contributed by atoms with E-state index in [-0.39, 0.29) is 0 Å². The average Bonchev–Trinajstić information content (AvgIpc) is 2.66. The minimum atomic E-state index is 0.937. The first kappa shape index (κ1) is 13.4. The van der Waals surface area contributed by atoms with Crippen molar-refractivity contribution in [1.82, 2.24) is 9.78 Å². The average molecular weight is 287 g/mol. The predicted octanol–water partition coefficient (Wildman–Crippen LogP) is 4.09. The number of aryl methyl sites for hydroxylation is 4. The number of nitrogens with zero attached hydrogens (tertiary/aromatic N) is 2. The number of hydrogen-bond acceptors (Lipinski definition) is 2. The lowest BCUT2D eigenvalue weighted by atomic mass is 10.0. The highest BCUT2D eigenvalue weighted by atomic mass is 32.1. The van der Waals surface area contributed by atoms with E-state index in [0.717, 1.165) is 24.0 Å². The SMILES string of the molecule is Cc1cc(C)c(N2CCCc3c2[nH]n(C)c3=S)c(C)c1. The summed E-state index contributed by atoms with van der Waals surface area (Å²) < 4.78 is 2.89. The molecule has 0 saturated heterocycles. The van der Waals surface area contributed by atoms with Crippen molar-refractivity contribution in [3.8, 4) is 0 Å². The van der Waals surface area contributed by atoms with E-state index in [1.807, 2.05) is 11.7 Å². The molecule has 2 heterocycles. The number of benzene rings is 1. The van der Waals surface area contributed by atoms with Crippen molar-refractivity contribution in [3.05, 3.63) is 39.0 Å². The summed E-state index contributed by atoms with van der Waals surface area (Å²) in [6.45, 7) is 7.59. The van der Waals surface area contributed by atoms with Gasteiger partial charge in [-0.25, -0.2) is 0 Å². The minimum Gasteiger partial charge on any atom is -0.326 e. The Morgan fingerprint density at radius 2 is 1.80 bits per heavy atom. The van der Waals surface area contributed by atoms with Gasteiger partial charge in [-0.15, -0.1) is 0 Å². The molecule has 3 rings (SSSR count). The third-order valence-electron chi connectivity index (χ3n) is 4.11. The fraction of sp³-hybridized carbons (Fsp3) is 0.438. The van der Waals surface area contributed by atoms with Crippen LogP contribution in [0.3, 0.4) is 0 Å². The molecule has 0 bridgehead atoms. The van der Waals surface area contributed by atoms with Crippen molar-refractivity contribution < 1.29 is 0 Å². The zero-order valence-electron chi connectivity index (χ0n) is 12.6. The number of aromatic nitrogens is 2. The maximum Gasteiger partial charge on any atom is 0.131 e. The maximum absolute atomic E-state index is 5.51. The topological polar surface area (TPSA) is 24.0 Å². The molecule has 1 aromatic carbocycles. The Morgan fingerprint density at radius 3 is 2.45 bits per heavy atom. The van der Waals surface area contributed by atoms with Gasteiger partial charge >= 0.3 is 0 Å². The second kappa shape index (κ2) is 4.77. The molecule has 1 aliphatic rings. The molecule has 1 aromatic heterocycles. The number of fused-ring (bicyclic) bond motifs is 1. The molecule has 106 valence electrons. The lowest BCUT2D eigenvalue weighted by Crippen LogP contribution is -2.26. The molecule has 0 fully saturated rings. The smallest absolute Gasteiger partial charge is 0.131 e. The minimum absolute atomic E-state index is 0.937. The van der Waals surface area contributed by atoms with Crippen LogP contribution >= 0.6 is 12.2 Å². The summed E-state index contributed by atoms with van der Waals surface area (Å²) in [7, 11) is 1.99. The van der Waals surface area contributed by atoms with Gasteiger partial charge in [-0.3, -0.25) is 9.78 Å². The maximum atomic E-state index is 5.51. The largest absolute Gasteiger partial charge is 0.326 e. The summed E-state index contributed by atoms with van der Waals surface area (Å²) in [5, 5.41) is 3.42. The van der Waals surface area contributed by atoms with Crippen molar-refractivity contribution in [2.24, 2.45) is 7.05 Å². The van der Waals surface area contributed by atoms with Crippen LogP contribution in [-0.2, 0) is 13.5 Å². The number of H-pyrrole nitrogens is 1. The van der Waals surface area contributed by atoms with Crippen LogP contribution in [0.1, 0.15) is 28.7 Å². The van der Waals surface area contributed by atoms with Gasteiger partial charge < -0.3 is 4.90 Å². The number of nitrogens with one attached hydrogen (secondary N) is 1. The predicted molar refractivity (Wildman–Crippen MR) is 86.6 cm³/mol. The molecule has 0 unspecified atom stereocenters. The number of hydrogen-bond donors (Lipinski definition) is 1. The third kappa shape index (κ3) is 1.99. The van der Waals surface area contributed by atoms with Gasteiger partial charge in [-0.05, 0) is 44.7 Å². The van der Waals surface area contributed by atoms with E-state index in [1.165, 1.54) is 33.8 Å². The third-order valence-corrected chi connectivity index (χ3v) is 4.63. The van der Waals surface area contributed by atoms with Gasteiger partial charge in [0.1, 0.15) is 10.5 Å². The first-order valence-corrected chi connectivity index (χ1v) is 7.53. The Hall–Kier alpha value is -1.55. The molecule has 0 saturated carbocycles. The van der Waals surface area contributed by atoms with Crippen LogP contribution in [0.15, 0.2) is 12.1 Å². The summed E-state index contributed by atoms with van der Waals surface area (Å²) in [6.07, 6.45) is 2.23. The van der Waals surface area contributed by atoms with Crippen LogP contribution in [0.5, 0.6) is 0 Å². The molecule has 4 heteroatoms. The van der Waals surface area contributed by atoms with Crippen molar-refractivity contribution in [2.45, 2.75) is 33.6 Å². The number of rotatable bonds is 1. The van der Waals surface area contributed by atoms with Crippen molar-refractivity contribution in [2.75, 3.05) is 11.4 Å². The Labute approximate surface area is 125 Å². The molecule has 0 amide bonds. The van der Waals surface area contributed by atoms with Crippen LogP contribution in [-0.4, -0.2) is 16.3 Å². The van der Waals surface area contributed by atoms with E-state index in [2.05, 4.69) is 42.9 Å². The normalized spacial score (nSPS) is 14.5. The summed E-state index contributed by atoms with van der Waals surface area (Å²) in [5.41, 5.74) is 6.60. The van der Waals surface area contributed by atoms with Gasteiger partial charge in [-0.1, -0.05) is 29.9 Å². The van der Waals surface area contributed by atoms with E-state index in [0.29, 0.717) is 0 Å². The zero-order valence-corrected chi connectivity index (χ0v) is 13.4. The molecule has 0 spiro atoms. The van der Waals surface area contributed by atoms with Gasteiger partial charge in [0, 0.05) is 24.8 Å². The molecule has 3 nitrogen and oxygen atoms in total. The standard InChI is InChI=1S/C16H21N3S/c1-10-8-11(2)14(12(3)9-10)19-7-5-6-13-15(19)17-18(4)16(13)20/h8-9,17H,5-7H2,1-4H3. The van der Waals surface area contributed by atoms with Crippen LogP contribution in [0.4, 0.5) is 11.5 Å². The van der Waals surface area contributed by atoms with Crippen LogP contribution in [0.2, 0.25) is 0 Å². The molecule has 1 N–H and O–H groups in total. The first-order chi connectivity index (χ1) is 9.49. The summed E-state index contributed by atoms with van der Waals surface area (Å²) >= 11 is 5.51. The fourth-order valence-corrected chi connectivity index (χ4v) is 3.62.